The average molecular weight is 413 g/mol. The molecule has 0 amide bonds. The Kier molecular flexibility index (Phi) is 9.33. The summed E-state index contributed by atoms with van der Waals surface area (Å²) >= 11 is 1.45. The van der Waals surface area contributed by atoms with E-state index in [0.717, 1.165) is 10.6 Å². The Morgan fingerprint density at radius 3 is 1.64 bits per heavy atom. The van der Waals surface area contributed by atoms with Crippen molar-refractivity contribution in [2.45, 2.75) is 40.1 Å². The lowest BCUT2D eigenvalue weighted by Gasteiger charge is -2.37. The molecule has 1 aromatic rings. The lowest BCUT2D eigenvalue weighted by molar-refractivity contribution is 0.195. The Morgan fingerprint density at radius 2 is 1.36 bits per heavy atom. The van der Waals surface area contributed by atoms with Crippen LogP contribution in [0.3, 0.4) is 0 Å². The van der Waals surface area contributed by atoms with Crippen LogP contribution in [0.4, 0.5) is 5.00 Å². The SMILES string of the molecule is CCOP(=O)(OCC)C(N(C)c1cc(C)cs1)P(=O)(OCC)OCC. The van der Waals surface area contributed by atoms with Gasteiger partial charge >= 0.3 is 15.2 Å². The van der Waals surface area contributed by atoms with Gasteiger partial charge in [-0.2, -0.15) is 0 Å². The van der Waals surface area contributed by atoms with Crippen molar-refractivity contribution in [2.75, 3.05) is 38.4 Å². The summed E-state index contributed by atoms with van der Waals surface area (Å²) in [6.07, 6.45) is 0. The molecule has 0 aliphatic carbocycles. The van der Waals surface area contributed by atoms with E-state index in [-0.39, 0.29) is 26.4 Å². The molecule has 146 valence electrons. The standard InChI is InChI=1S/C15H29NO6P2S/c1-7-19-23(17,20-8-2)15(24(18,21-9-3)22-10-4)16(6)14-11-13(5)12-25-14/h11-12,15H,7-10H2,1-6H3. The van der Waals surface area contributed by atoms with Gasteiger partial charge in [-0.05, 0) is 51.6 Å². The van der Waals surface area contributed by atoms with Gasteiger partial charge in [0.05, 0.1) is 31.4 Å². The number of thiophene rings is 1. The topological polar surface area (TPSA) is 74.3 Å². The molecule has 1 heterocycles. The zero-order valence-electron chi connectivity index (χ0n) is 15.8. The first-order chi connectivity index (χ1) is 11.8. The molecule has 0 aromatic carbocycles. The zero-order chi connectivity index (χ0) is 19.1. The van der Waals surface area contributed by atoms with Crippen LogP contribution in [0.1, 0.15) is 33.3 Å². The van der Waals surface area contributed by atoms with E-state index in [9.17, 15) is 9.13 Å². The van der Waals surface area contributed by atoms with Crippen LogP contribution in [-0.2, 0) is 27.2 Å². The van der Waals surface area contributed by atoms with Crippen molar-refractivity contribution in [2.24, 2.45) is 0 Å². The first-order valence-electron chi connectivity index (χ1n) is 8.33. The van der Waals surface area contributed by atoms with Crippen LogP contribution in [-0.4, -0.2) is 39.0 Å². The molecule has 0 aliphatic heterocycles. The monoisotopic (exact) mass is 413 g/mol. The van der Waals surface area contributed by atoms with Crippen molar-refractivity contribution < 1.29 is 27.2 Å². The first kappa shape index (κ1) is 22.8. The second kappa shape index (κ2) is 10.2. The Labute approximate surface area is 154 Å². The molecule has 0 spiro atoms. The highest BCUT2D eigenvalue weighted by Crippen LogP contribution is 2.71. The number of anilines is 1. The first-order valence-corrected chi connectivity index (χ1v) is 12.4. The van der Waals surface area contributed by atoms with Gasteiger partial charge in [-0.3, -0.25) is 9.13 Å². The van der Waals surface area contributed by atoms with Gasteiger partial charge in [0.25, 0.3) is 0 Å². The fraction of sp³-hybridized carbons (Fsp3) is 0.733. The van der Waals surface area contributed by atoms with Gasteiger partial charge in [-0.15, -0.1) is 11.3 Å². The zero-order valence-corrected chi connectivity index (χ0v) is 18.4. The van der Waals surface area contributed by atoms with Gasteiger partial charge < -0.3 is 23.0 Å². The molecule has 0 radical (unpaired) electrons. The quantitative estimate of drug-likeness (QED) is 0.430. The maximum Gasteiger partial charge on any atom is 0.365 e. The van der Waals surface area contributed by atoms with Gasteiger partial charge in [0.15, 0.2) is 0 Å². The summed E-state index contributed by atoms with van der Waals surface area (Å²) in [7, 11) is -5.91. The van der Waals surface area contributed by atoms with E-state index in [2.05, 4.69) is 0 Å². The third-order valence-corrected chi connectivity index (χ3v) is 10.3. The van der Waals surface area contributed by atoms with E-state index in [4.69, 9.17) is 18.1 Å². The van der Waals surface area contributed by atoms with E-state index in [1.807, 2.05) is 18.4 Å². The minimum absolute atomic E-state index is 0.156. The smallest absolute Gasteiger partial charge is 0.342 e. The summed E-state index contributed by atoms with van der Waals surface area (Å²) in [5.74, 6) is 0. The third kappa shape index (κ3) is 5.64. The highest BCUT2D eigenvalue weighted by molar-refractivity contribution is 7.73. The normalized spacial score (nSPS) is 12.8. The van der Waals surface area contributed by atoms with E-state index < -0.39 is 20.7 Å². The summed E-state index contributed by atoms with van der Waals surface area (Å²) in [5, 5.41) is 2.74. The molecule has 25 heavy (non-hydrogen) atoms. The molecule has 0 fully saturated rings. The van der Waals surface area contributed by atoms with Crippen LogP contribution in [0, 0.1) is 6.92 Å². The van der Waals surface area contributed by atoms with E-state index in [1.165, 1.54) is 11.3 Å². The maximum atomic E-state index is 13.5. The molecule has 7 nitrogen and oxygen atoms in total. The molecular formula is C15H29NO6P2S. The molecule has 0 atom stereocenters. The Bertz CT molecular complexity index is 573. The Balaban J connectivity index is 3.47. The van der Waals surface area contributed by atoms with E-state index in [1.54, 1.807) is 39.6 Å². The average Bonchev–Trinajstić information content (AvgIpc) is 2.94. The summed E-state index contributed by atoms with van der Waals surface area (Å²) in [4.78, 5) is 1.63. The van der Waals surface area contributed by atoms with Gasteiger partial charge in [-0.25, -0.2) is 0 Å². The predicted octanol–water partition coefficient (Wildman–Crippen LogP) is 5.31. The summed E-state index contributed by atoms with van der Waals surface area (Å²) in [5.41, 5.74) is -0.131. The van der Waals surface area contributed by atoms with Crippen molar-refractivity contribution in [3.63, 3.8) is 0 Å². The number of rotatable bonds is 12. The molecular weight excluding hydrogens is 384 g/mol. The van der Waals surface area contributed by atoms with Crippen LogP contribution in [0.5, 0.6) is 0 Å². The van der Waals surface area contributed by atoms with Gasteiger partial charge in [0, 0.05) is 7.05 Å². The minimum Gasteiger partial charge on any atom is -0.342 e. The second-order valence-electron chi connectivity index (χ2n) is 5.17. The number of hydrogen-bond acceptors (Lipinski definition) is 8. The molecule has 0 saturated heterocycles. The van der Waals surface area contributed by atoms with Gasteiger partial charge in [-0.1, -0.05) is 0 Å². The predicted molar refractivity (Wildman–Crippen MR) is 103 cm³/mol. The van der Waals surface area contributed by atoms with Crippen molar-refractivity contribution in [3.05, 3.63) is 17.0 Å². The summed E-state index contributed by atoms with van der Waals surface area (Å²) in [6, 6.07) is 1.92. The largest absolute Gasteiger partial charge is 0.365 e. The van der Waals surface area contributed by atoms with Crippen molar-refractivity contribution >= 4 is 31.5 Å². The van der Waals surface area contributed by atoms with Crippen LogP contribution < -0.4 is 4.90 Å². The highest BCUT2D eigenvalue weighted by atomic mass is 32.1. The Hall–Kier alpha value is -0.200. The van der Waals surface area contributed by atoms with Crippen LogP contribution in [0.25, 0.3) is 0 Å². The molecule has 0 bridgehead atoms. The van der Waals surface area contributed by atoms with Crippen LogP contribution in [0.15, 0.2) is 11.4 Å². The third-order valence-electron chi connectivity index (χ3n) is 3.21. The number of aryl methyl sites for hydroxylation is 1. The molecule has 0 saturated carbocycles. The lowest BCUT2D eigenvalue weighted by atomic mass is 10.4. The molecule has 0 aliphatic rings. The van der Waals surface area contributed by atoms with E-state index in [0.29, 0.717) is 0 Å². The number of hydrogen-bond donors (Lipinski definition) is 0. The molecule has 1 aromatic heterocycles. The molecule has 1 rings (SSSR count). The van der Waals surface area contributed by atoms with Crippen molar-refractivity contribution in [1.82, 2.24) is 0 Å². The highest BCUT2D eigenvalue weighted by Gasteiger charge is 2.54. The second-order valence-corrected chi connectivity index (χ2v) is 10.6. The van der Waals surface area contributed by atoms with Gasteiger partial charge in [0.1, 0.15) is 0 Å². The number of nitrogens with zero attached hydrogens (tertiary/aromatic N) is 1. The molecule has 0 N–H and O–H groups in total. The summed E-state index contributed by atoms with van der Waals surface area (Å²) < 4.78 is 49.0. The molecule has 10 heteroatoms. The Morgan fingerprint density at radius 1 is 0.960 bits per heavy atom. The lowest BCUT2D eigenvalue weighted by Crippen LogP contribution is -2.34. The maximum absolute atomic E-state index is 13.5. The van der Waals surface area contributed by atoms with Gasteiger partial charge in [0.2, 0.25) is 5.52 Å². The fourth-order valence-electron chi connectivity index (χ4n) is 2.37. The van der Waals surface area contributed by atoms with Crippen LogP contribution >= 0.6 is 26.5 Å². The van der Waals surface area contributed by atoms with Crippen LogP contribution in [0.2, 0.25) is 0 Å². The summed E-state index contributed by atoms with van der Waals surface area (Å²) in [6.45, 7) is 9.43. The minimum atomic E-state index is -3.80. The van der Waals surface area contributed by atoms with Crippen molar-refractivity contribution in [1.29, 1.82) is 0 Å². The molecule has 0 unspecified atom stereocenters. The van der Waals surface area contributed by atoms with Crippen molar-refractivity contribution in [3.8, 4) is 0 Å². The fourth-order valence-corrected chi connectivity index (χ4v) is 8.83. The van der Waals surface area contributed by atoms with E-state index >= 15 is 0 Å².